The van der Waals surface area contributed by atoms with E-state index in [1.165, 1.54) is 0 Å². The van der Waals surface area contributed by atoms with Crippen LogP contribution in [0.4, 0.5) is 11.5 Å². The van der Waals surface area contributed by atoms with Crippen molar-refractivity contribution < 1.29 is 18.8 Å². The third-order valence-corrected chi connectivity index (χ3v) is 6.34. The molecule has 2 saturated heterocycles. The number of hydrogen-bond acceptors (Lipinski definition) is 5. The minimum Gasteiger partial charge on any atom is -0.360 e. The molecular formula is C23H19N3O4. The maximum absolute atomic E-state index is 13.4. The van der Waals surface area contributed by atoms with Crippen LogP contribution in [-0.4, -0.2) is 35.2 Å². The lowest BCUT2D eigenvalue weighted by Crippen LogP contribution is -2.41. The standard InChI is InChI=1S/C23H19N3O4/c1-13-11-18(25-30-13)26-12-23-10-9-17(29-23)19(20(23)22(26)28)21(27)24-16-8-4-6-14-5-2-3-7-15(14)16/h2-11,17,19-20H,12H2,1H3,(H,24,27)/t17-,19?,20?,23+/m1/s1. The van der Waals surface area contributed by atoms with E-state index < -0.39 is 23.5 Å². The highest BCUT2D eigenvalue weighted by Crippen LogP contribution is 2.52. The van der Waals surface area contributed by atoms with Gasteiger partial charge in [0.05, 0.1) is 24.5 Å². The number of ether oxygens (including phenoxy) is 1. The Kier molecular flexibility index (Phi) is 3.50. The second kappa shape index (κ2) is 6.03. The van der Waals surface area contributed by atoms with Gasteiger partial charge in [0.25, 0.3) is 0 Å². The summed E-state index contributed by atoms with van der Waals surface area (Å²) in [4.78, 5) is 28.2. The predicted molar refractivity (Wildman–Crippen MR) is 110 cm³/mol. The Morgan fingerprint density at radius 1 is 1.23 bits per heavy atom. The Bertz CT molecular complexity index is 1230. The molecule has 6 rings (SSSR count). The zero-order chi connectivity index (χ0) is 20.5. The Hall–Kier alpha value is -3.45. The molecule has 4 heterocycles. The highest BCUT2D eigenvalue weighted by molar-refractivity contribution is 6.07. The second-order valence-electron chi connectivity index (χ2n) is 8.14. The van der Waals surface area contributed by atoms with Gasteiger partial charge in [-0.1, -0.05) is 53.7 Å². The first-order valence-electron chi connectivity index (χ1n) is 9.96. The molecule has 30 heavy (non-hydrogen) atoms. The largest absolute Gasteiger partial charge is 0.360 e. The smallest absolute Gasteiger partial charge is 0.235 e. The first-order chi connectivity index (χ1) is 14.6. The van der Waals surface area contributed by atoms with Gasteiger partial charge < -0.3 is 14.6 Å². The number of hydrogen-bond donors (Lipinski definition) is 1. The first-order valence-corrected chi connectivity index (χ1v) is 9.96. The van der Waals surface area contributed by atoms with Gasteiger partial charge in [0, 0.05) is 17.1 Å². The van der Waals surface area contributed by atoms with E-state index >= 15 is 0 Å². The fraction of sp³-hybridized carbons (Fsp3) is 0.261. The SMILES string of the molecule is Cc1cc(N2C[C@]34C=C[C@@H](O3)C(C(=O)Nc3cccc5ccccc35)C4C2=O)no1. The average Bonchev–Trinajstić information content (AvgIpc) is 3.49. The van der Waals surface area contributed by atoms with Crippen LogP contribution in [0.2, 0.25) is 0 Å². The van der Waals surface area contributed by atoms with Crippen LogP contribution in [0.15, 0.2) is 65.2 Å². The van der Waals surface area contributed by atoms with Crippen LogP contribution >= 0.6 is 0 Å². The molecule has 7 heteroatoms. The van der Waals surface area contributed by atoms with Crippen LogP contribution in [0.25, 0.3) is 10.8 Å². The monoisotopic (exact) mass is 401 g/mol. The minimum absolute atomic E-state index is 0.159. The van der Waals surface area contributed by atoms with Gasteiger partial charge in [-0.15, -0.1) is 0 Å². The Balaban J connectivity index is 1.33. The number of nitrogens with zero attached hydrogens (tertiary/aromatic N) is 2. The van der Waals surface area contributed by atoms with Crippen molar-refractivity contribution >= 4 is 34.1 Å². The normalized spacial score (nSPS) is 29.0. The zero-order valence-electron chi connectivity index (χ0n) is 16.2. The summed E-state index contributed by atoms with van der Waals surface area (Å²) >= 11 is 0. The molecule has 2 amide bonds. The number of nitrogens with one attached hydrogen (secondary N) is 1. The number of benzene rings is 2. The van der Waals surface area contributed by atoms with Crippen LogP contribution < -0.4 is 10.2 Å². The summed E-state index contributed by atoms with van der Waals surface area (Å²) in [6.07, 6.45) is 3.42. The maximum Gasteiger partial charge on any atom is 0.235 e. The summed E-state index contributed by atoms with van der Waals surface area (Å²) in [5.74, 6) is -0.473. The van der Waals surface area contributed by atoms with Gasteiger partial charge >= 0.3 is 0 Å². The Morgan fingerprint density at radius 3 is 2.90 bits per heavy atom. The number of amides is 2. The average molecular weight is 401 g/mol. The summed E-state index contributed by atoms with van der Waals surface area (Å²) < 4.78 is 11.3. The third kappa shape index (κ3) is 2.32. The zero-order valence-corrected chi connectivity index (χ0v) is 16.2. The van der Waals surface area contributed by atoms with Gasteiger partial charge in [-0.25, -0.2) is 0 Å². The van der Waals surface area contributed by atoms with Crippen molar-refractivity contribution in [1.29, 1.82) is 0 Å². The molecule has 3 aliphatic heterocycles. The van der Waals surface area contributed by atoms with Crippen LogP contribution in [-0.2, 0) is 14.3 Å². The Labute approximate surface area is 172 Å². The van der Waals surface area contributed by atoms with Crippen molar-refractivity contribution in [2.45, 2.75) is 18.6 Å². The van der Waals surface area contributed by atoms with Crippen molar-refractivity contribution in [2.75, 3.05) is 16.8 Å². The van der Waals surface area contributed by atoms with Gasteiger partial charge in [0.15, 0.2) is 5.82 Å². The van der Waals surface area contributed by atoms with Gasteiger partial charge in [0.1, 0.15) is 11.4 Å². The molecule has 7 nitrogen and oxygen atoms in total. The molecule has 0 aliphatic carbocycles. The number of carbonyl (C=O) groups is 2. The van der Waals surface area contributed by atoms with E-state index in [1.807, 2.05) is 54.6 Å². The molecule has 150 valence electrons. The van der Waals surface area contributed by atoms with E-state index in [-0.39, 0.29) is 11.8 Å². The number of carbonyl (C=O) groups excluding carboxylic acids is 2. The number of anilines is 2. The third-order valence-electron chi connectivity index (χ3n) is 6.34. The molecule has 2 fully saturated rings. The van der Waals surface area contributed by atoms with E-state index in [1.54, 1.807) is 17.9 Å². The quantitative estimate of drug-likeness (QED) is 0.682. The van der Waals surface area contributed by atoms with E-state index in [0.29, 0.717) is 18.1 Å². The molecule has 3 aliphatic rings. The van der Waals surface area contributed by atoms with E-state index in [2.05, 4.69) is 10.5 Å². The second-order valence-corrected chi connectivity index (χ2v) is 8.14. The fourth-order valence-electron chi connectivity index (χ4n) is 5.02. The van der Waals surface area contributed by atoms with Crippen LogP contribution in [0.1, 0.15) is 5.76 Å². The highest BCUT2D eigenvalue weighted by atomic mass is 16.5. The molecule has 1 N–H and O–H groups in total. The van der Waals surface area contributed by atoms with Crippen LogP contribution in [0.5, 0.6) is 0 Å². The molecular weight excluding hydrogens is 382 g/mol. The van der Waals surface area contributed by atoms with Crippen molar-refractivity contribution in [2.24, 2.45) is 11.8 Å². The summed E-state index contributed by atoms with van der Waals surface area (Å²) in [6.45, 7) is 2.10. The Morgan fingerprint density at radius 2 is 2.07 bits per heavy atom. The number of aromatic nitrogens is 1. The first kappa shape index (κ1) is 17.4. The molecule has 2 bridgehead atoms. The number of aryl methyl sites for hydroxylation is 1. The molecule has 3 aromatic rings. The highest BCUT2D eigenvalue weighted by Gasteiger charge is 2.67. The van der Waals surface area contributed by atoms with Crippen LogP contribution in [0, 0.1) is 18.8 Å². The molecule has 0 saturated carbocycles. The summed E-state index contributed by atoms with van der Waals surface area (Å²) in [7, 11) is 0. The lowest BCUT2D eigenvalue weighted by molar-refractivity contribution is -0.128. The molecule has 1 aromatic heterocycles. The van der Waals surface area contributed by atoms with E-state index in [0.717, 1.165) is 16.5 Å². The van der Waals surface area contributed by atoms with Crippen molar-refractivity contribution in [3.8, 4) is 0 Å². The van der Waals surface area contributed by atoms with Gasteiger partial charge in [-0.3, -0.25) is 14.5 Å². The minimum atomic E-state index is -0.796. The predicted octanol–water partition coefficient (Wildman–Crippen LogP) is 3.06. The maximum atomic E-state index is 13.4. The number of fused-ring (bicyclic) bond motifs is 2. The summed E-state index contributed by atoms with van der Waals surface area (Å²) in [5.41, 5.74) is -0.0663. The fourth-order valence-corrected chi connectivity index (χ4v) is 5.02. The molecule has 1 spiro atoms. The lowest BCUT2D eigenvalue weighted by atomic mass is 9.76. The van der Waals surface area contributed by atoms with Crippen molar-refractivity contribution in [3.63, 3.8) is 0 Å². The molecule has 4 atom stereocenters. The molecule has 0 radical (unpaired) electrons. The van der Waals surface area contributed by atoms with E-state index in [4.69, 9.17) is 9.26 Å². The van der Waals surface area contributed by atoms with Gasteiger partial charge in [0.2, 0.25) is 11.8 Å². The molecule has 2 aromatic carbocycles. The summed E-state index contributed by atoms with van der Waals surface area (Å²) in [6, 6.07) is 15.4. The topological polar surface area (TPSA) is 84.7 Å². The van der Waals surface area contributed by atoms with Crippen molar-refractivity contribution in [1.82, 2.24) is 5.16 Å². The van der Waals surface area contributed by atoms with Crippen LogP contribution in [0.3, 0.4) is 0 Å². The van der Waals surface area contributed by atoms with Gasteiger partial charge in [-0.05, 0) is 18.4 Å². The van der Waals surface area contributed by atoms with E-state index in [9.17, 15) is 9.59 Å². The van der Waals surface area contributed by atoms with Crippen molar-refractivity contribution in [3.05, 3.63) is 66.4 Å². The summed E-state index contributed by atoms with van der Waals surface area (Å²) in [5, 5.41) is 9.02. The van der Waals surface area contributed by atoms with Gasteiger partial charge in [-0.2, -0.15) is 0 Å². The lowest BCUT2D eigenvalue weighted by Gasteiger charge is -2.23. The number of rotatable bonds is 3. The molecule has 2 unspecified atom stereocenters.